The monoisotopic (exact) mass is 414 g/mol. The summed E-state index contributed by atoms with van der Waals surface area (Å²) in [6, 6.07) is 18.3. The second kappa shape index (κ2) is 10.2. The molecule has 4 rings (SSSR count). The minimum atomic E-state index is 0.531. The molecule has 0 bridgehead atoms. The zero-order chi connectivity index (χ0) is 21.3. The maximum Gasteiger partial charge on any atom is 0.226 e. The molecule has 2 aromatic heterocycles. The van der Waals surface area contributed by atoms with Crippen molar-refractivity contribution in [2.24, 2.45) is 4.99 Å². The zero-order valence-corrected chi connectivity index (χ0v) is 17.5. The number of oxazole rings is 1. The van der Waals surface area contributed by atoms with E-state index in [1.54, 1.807) is 12.5 Å². The molecule has 4 aromatic rings. The molecule has 2 aromatic carbocycles. The molecule has 0 fully saturated rings. The SMILES string of the molecule is CCNC(=NCc1cccc(Cn2ccnc2)c1)NCc1coc(-c2ccccc2)n1. The minimum absolute atomic E-state index is 0.531. The molecule has 0 atom stereocenters. The van der Waals surface area contributed by atoms with Crippen molar-refractivity contribution in [2.45, 2.75) is 26.6 Å². The van der Waals surface area contributed by atoms with Crippen LogP contribution >= 0.6 is 0 Å². The smallest absolute Gasteiger partial charge is 0.226 e. The first-order valence-electron chi connectivity index (χ1n) is 10.4. The topological polar surface area (TPSA) is 80.3 Å². The molecule has 0 unspecified atom stereocenters. The predicted molar refractivity (Wildman–Crippen MR) is 121 cm³/mol. The van der Waals surface area contributed by atoms with Gasteiger partial charge in [-0.25, -0.2) is 15.0 Å². The van der Waals surface area contributed by atoms with E-state index in [0.717, 1.165) is 35.9 Å². The summed E-state index contributed by atoms with van der Waals surface area (Å²) in [5, 5.41) is 6.61. The zero-order valence-electron chi connectivity index (χ0n) is 17.5. The van der Waals surface area contributed by atoms with Crippen LogP contribution in [0.2, 0.25) is 0 Å². The van der Waals surface area contributed by atoms with Gasteiger partial charge in [-0.2, -0.15) is 0 Å². The number of aliphatic imine (C=N–C) groups is 1. The maximum atomic E-state index is 5.61. The molecule has 0 radical (unpaired) electrons. The Bertz CT molecular complexity index is 1100. The number of rotatable bonds is 8. The van der Waals surface area contributed by atoms with Crippen LogP contribution in [0.3, 0.4) is 0 Å². The highest BCUT2D eigenvalue weighted by molar-refractivity contribution is 5.79. The van der Waals surface area contributed by atoms with Crippen molar-refractivity contribution in [2.75, 3.05) is 6.54 Å². The second-order valence-electron chi connectivity index (χ2n) is 7.11. The van der Waals surface area contributed by atoms with E-state index in [9.17, 15) is 0 Å². The highest BCUT2D eigenvalue weighted by Crippen LogP contribution is 2.17. The Labute approximate surface area is 181 Å². The van der Waals surface area contributed by atoms with Gasteiger partial charge in [0.1, 0.15) is 6.26 Å². The molecule has 0 amide bonds. The standard InChI is InChI=1S/C24H26N6O/c1-2-26-24(28-15-22-17-31-23(29-22)21-9-4-3-5-10-21)27-14-19-7-6-8-20(13-19)16-30-12-11-25-18-30/h3-13,17-18H,2,14-16H2,1H3,(H2,26,27,28). The molecule has 0 aliphatic carbocycles. The van der Waals surface area contributed by atoms with Gasteiger partial charge in [-0.1, -0.05) is 42.5 Å². The lowest BCUT2D eigenvalue weighted by Gasteiger charge is -2.10. The van der Waals surface area contributed by atoms with Crippen molar-refractivity contribution < 1.29 is 4.42 Å². The Balaban J connectivity index is 1.37. The van der Waals surface area contributed by atoms with Crippen molar-refractivity contribution in [1.29, 1.82) is 0 Å². The number of hydrogen-bond acceptors (Lipinski definition) is 4. The quantitative estimate of drug-likeness (QED) is 0.338. The average Bonchev–Trinajstić information content (AvgIpc) is 3.49. The fraction of sp³-hybridized carbons (Fsp3) is 0.208. The van der Waals surface area contributed by atoms with Crippen molar-refractivity contribution >= 4 is 5.96 Å². The van der Waals surface area contributed by atoms with E-state index in [-0.39, 0.29) is 0 Å². The summed E-state index contributed by atoms with van der Waals surface area (Å²) in [6.07, 6.45) is 7.26. The van der Waals surface area contributed by atoms with Gasteiger partial charge < -0.3 is 19.6 Å². The first kappa shape index (κ1) is 20.4. The Morgan fingerprint density at radius 1 is 1.06 bits per heavy atom. The summed E-state index contributed by atoms with van der Waals surface area (Å²) in [6.45, 7) is 4.74. The predicted octanol–water partition coefficient (Wildman–Crippen LogP) is 3.84. The largest absolute Gasteiger partial charge is 0.444 e. The van der Waals surface area contributed by atoms with E-state index in [1.165, 1.54) is 5.56 Å². The van der Waals surface area contributed by atoms with Gasteiger partial charge >= 0.3 is 0 Å². The first-order valence-corrected chi connectivity index (χ1v) is 10.4. The number of nitrogens with one attached hydrogen (secondary N) is 2. The maximum absolute atomic E-state index is 5.61. The van der Waals surface area contributed by atoms with E-state index in [2.05, 4.69) is 49.4 Å². The van der Waals surface area contributed by atoms with Gasteiger partial charge in [0.25, 0.3) is 0 Å². The summed E-state index contributed by atoms with van der Waals surface area (Å²) in [5.41, 5.74) is 4.17. The normalized spacial score (nSPS) is 11.5. The third kappa shape index (κ3) is 5.82. The fourth-order valence-corrected chi connectivity index (χ4v) is 3.21. The van der Waals surface area contributed by atoms with E-state index < -0.39 is 0 Å². The van der Waals surface area contributed by atoms with Gasteiger partial charge in [0.2, 0.25) is 5.89 Å². The van der Waals surface area contributed by atoms with E-state index in [1.807, 2.05) is 49.8 Å². The number of benzene rings is 2. The lowest BCUT2D eigenvalue weighted by Crippen LogP contribution is -2.36. The van der Waals surface area contributed by atoms with Gasteiger partial charge in [-0.15, -0.1) is 0 Å². The fourth-order valence-electron chi connectivity index (χ4n) is 3.21. The van der Waals surface area contributed by atoms with Gasteiger partial charge in [0.05, 0.1) is 25.1 Å². The lowest BCUT2D eigenvalue weighted by molar-refractivity contribution is 0.572. The van der Waals surface area contributed by atoms with Crippen molar-refractivity contribution in [3.63, 3.8) is 0 Å². The number of guanidine groups is 1. The average molecular weight is 415 g/mol. The highest BCUT2D eigenvalue weighted by atomic mass is 16.3. The Morgan fingerprint density at radius 3 is 2.74 bits per heavy atom. The van der Waals surface area contributed by atoms with Crippen LogP contribution in [-0.2, 0) is 19.6 Å². The molecule has 7 nitrogen and oxygen atoms in total. The molecule has 0 aliphatic heterocycles. The van der Waals surface area contributed by atoms with Gasteiger partial charge in [0, 0.05) is 31.0 Å². The molecule has 0 spiro atoms. The molecule has 2 N–H and O–H groups in total. The minimum Gasteiger partial charge on any atom is -0.444 e. The third-order valence-electron chi connectivity index (χ3n) is 4.69. The molecule has 0 aliphatic rings. The van der Waals surface area contributed by atoms with Crippen LogP contribution in [0.25, 0.3) is 11.5 Å². The number of imidazole rings is 1. The van der Waals surface area contributed by atoms with Gasteiger partial charge in [-0.05, 0) is 30.2 Å². The summed E-state index contributed by atoms with van der Waals surface area (Å²) in [4.78, 5) is 13.4. The second-order valence-corrected chi connectivity index (χ2v) is 7.11. The first-order chi connectivity index (χ1) is 15.3. The third-order valence-corrected chi connectivity index (χ3v) is 4.69. The van der Waals surface area contributed by atoms with Gasteiger partial charge in [-0.3, -0.25) is 0 Å². The number of nitrogens with zero attached hydrogens (tertiary/aromatic N) is 4. The molecule has 0 saturated heterocycles. The number of hydrogen-bond donors (Lipinski definition) is 2. The van der Waals surface area contributed by atoms with E-state index >= 15 is 0 Å². The van der Waals surface area contributed by atoms with Crippen LogP contribution < -0.4 is 10.6 Å². The molecule has 2 heterocycles. The van der Waals surface area contributed by atoms with E-state index in [0.29, 0.717) is 19.0 Å². The van der Waals surface area contributed by atoms with E-state index in [4.69, 9.17) is 9.41 Å². The van der Waals surface area contributed by atoms with Crippen LogP contribution in [0.1, 0.15) is 23.7 Å². The molecule has 158 valence electrons. The van der Waals surface area contributed by atoms with Gasteiger partial charge in [0.15, 0.2) is 5.96 Å². The van der Waals surface area contributed by atoms with Crippen molar-refractivity contribution in [1.82, 2.24) is 25.2 Å². The van der Waals surface area contributed by atoms with Crippen LogP contribution in [-0.4, -0.2) is 27.0 Å². The molecule has 31 heavy (non-hydrogen) atoms. The Hall–Kier alpha value is -3.87. The van der Waals surface area contributed by atoms with Crippen molar-refractivity contribution in [3.8, 4) is 11.5 Å². The summed E-state index contributed by atoms with van der Waals surface area (Å²) < 4.78 is 7.66. The van der Waals surface area contributed by atoms with Crippen LogP contribution in [0.4, 0.5) is 0 Å². The Kier molecular flexibility index (Phi) is 6.74. The Morgan fingerprint density at radius 2 is 1.94 bits per heavy atom. The highest BCUT2D eigenvalue weighted by Gasteiger charge is 2.07. The molecular formula is C24H26N6O. The van der Waals surface area contributed by atoms with Crippen molar-refractivity contribution in [3.05, 3.63) is 96.4 Å². The van der Waals surface area contributed by atoms with Crippen LogP contribution in [0.15, 0.2) is 89.0 Å². The number of aromatic nitrogens is 3. The summed E-state index contributed by atoms with van der Waals surface area (Å²) in [5.74, 6) is 1.36. The van der Waals surface area contributed by atoms with Crippen LogP contribution in [0, 0.1) is 0 Å². The molecule has 0 saturated carbocycles. The summed E-state index contributed by atoms with van der Waals surface area (Å²) >= 11 is 0. The summed E-state index contributed by atoms with van der Waals surface area (Å²) in [7, 11) is 0. The molecular weight excluding hydrogens is 388 g/mol. The molecule has 7 heteroatoms. The van der Waals surface area contributed by atoms with Crippen LogP contribution in [0.5, 0.6) is 0 Å². The lowest BCUT2D eigenvalue weighted by atomic mass is 10.1.